The van der Waals surface area contributed by atoms with Gasteiger partial charge in [0, 0.05) is 6.07 Å². The third-order valence-corrected chi connectivity index (χ3v) is 2.41. The van der Waals surface area contributed by atoms with Crippen molar-refractivity contribution in [3.8, 4) is 11.5 Å². The Balaban J connectivity index is 3.50. The molecule has 0 radical (unpaired) electrons. The van der Waals surface area contributed by atoms with Crippen LogP contribution in [0.1, 0.15) is 5.56 Å². The molecule has 72 valence electrons. The van der Waals surface area contributed by atoms with E-state index in [1.165, 1.54) is 6.92 Å². The molecule has 0 heterocycles. The SMILES string of the molecule is Cc1cc(O)c(S(=O)(=O)[O-])cc1O. The molecule has 0 unspecified atom stereocenters. The van der Waals surface area contributed by atoms with Gasteiger partial charge in [-0.05, 0) is 18.6 Å². The smallest absolute Gasteiger partial charge is 0.133 e. The lowest BCUT2D eigenvalue weighted by Gasteiger charge is -2.10. The average molecular weight is 203 g/mol. The van der Waals surface area contributed by atoms with Crippen LogP contribution in [-0.2, 0) is 10.1 Å². The lowest BCUT2D eigenvalue weighted by molar-refractivity contribution is 0.425. The molecule has 0 aromatic heterocycles. The van der Waals surface area contributed by atoms with Crippen molar-refractivity contribution in [1.82, 2.24) is 0 Å². The van der Waals surface area contributed by atoms with Gasteiger partial charge in [-0.2, -0.15) is 0 Å². The number of aryl methyl sites for hydroxylation is 1. The maximum atomic E-state index is 10.5. The summed E-state index contributed by atoms with van der Waals surface area (Å²) in [5.41, 5.74) is 0.296. The van der Waals surface area contributed by atoms with E-state index in [1.807, 2.05) is 0 Å². The minimum atomic E-state index is -4.73. The highest BCUT2D eigenvalue weighted by atomic mass is 32.2. The Labute approximate surface area is 75.0 Å². The van der Waals surface area contributed by atoms with E-state index in [0.717, 1.165) is 12.1 Å². The first-order valence-electron chi connectivity index (χ1n) is 3.31. The quantitative estimate of drug-likeness (QED) is 0.505. The third kappa shape index (κ3) is 1.90. The summed E-state index contributed by atoms with van der Waals surface area (Å²) in [4.78, 5) is -0.810. The molecule has 0 aliphatic carbocycles. The Morgan fingerprint density at radius 1 is 1.23 bits per heavy atom. The van der Waals surface area contributed by atoms with Crippen molar-refractivity contribution >= 4 is 10.1 Å². The summed E-state index contributed by atoms with van der Waals surface area (Å²) >= 11 is 0. The zero-order valence-corrected chi connectivity index (χ0v) is 7.50. The van der Waals surface area contributed by atoms with Crippen LogP contribution in [-0.4, -0.2) is 23.2 Å². The van der Waals surface area contributed by atoms with E-state index < -0.39 is 20.8 Å². The number of hydrogen-bond acceptors (Lipinski definition) is 5. The summed E-state index contributed by atoms with van der Waals surface area (Å²) in [5.74, 6) is -0.988. The van der Waals surface area contributed by atoms with Crippen LogP contribution >= 0.6 is 0 Å². The van der Waals surface area contributed by atoms with Crippen LogP contribution in [0.2, 0.25) is 0 Å². The van der Waals surface area contributed by atoms with Crippen molar-refractivity contribution in [3.63, 3.8) is 0 Å². The van der Waals surface area contributed by atoms with Gasteiger partial charge in [0.05, 0.1) is 4.90 Å². The molecule has 1 aromatic carbocycles. The summed E-state index contributed by atoms with van der Waals surface area (Å²) in [6.45, 7) is 1.47. The Bertz CT molecular complexity index is 434. The molecule has 1 aromatic rings. The van der Waals surface area contributed by atoms with Gasteiger partial charge in [0.2, 0.25) is 0 Å². The van der Waals surface area contributed by atoms with Crippen molar-refractivity contribution in [2.75, 3.05) is 0 Å². The van der Waals surface area contributed by atoms with Crippen LogP contribution in [0.4, 0.5) is 0 Å². The Hall–Kier alpha value is -1.27. The number of benzene rings is 1. The fourth-order valence-corrected chi connectivity index (χ4v) is 1.43. The number of aromatic hydroxyl groups is 2. The first-order chi connectivity index (χ1) is 5.82. The molecule has 0 aliphatic heterocycles. The van der Waals surface area contributed by atoms with Gasteiger partial charge < -0.3 is 14.8 Å². The first-order valence-corrected chi connectivity index (χ1v) is 4.71. The van der Waals surface area contributed by atoms with E-state index >= 15 is 0 Å². The van der Waals surface area contributed by atoms with E-state index in [9.17, 15) is 13.0 Å². The van der Waals surface area contributed by atoms with Crippen LogP contribution in [0.3, 0.4) is 0 Å². The highest BCUT2D eigenvalue weighted by Gasteiger charge is 2.10. The topological polar surface area (TPSA) is 97.7 Å². The van der Waals surface area contributed by atoms with Crippen LogP contribution in [0.5, 0.6) is 11.5 Å². The normalized spacial score (nSPS) is 11.5. The fourth-order valence-electron chi connectivity index (χ4n) is 0.862. The minimum Gasteiger partial charge on any atom is -0.744 e. The molecule has 0 saturated carbocycles. The fraction of sp³-hybridized carbons (Fsp3) is 0.143. The maximum Gasteiger partial charge on any atom is 0.133 e. The molecule has 0 saturated heterocycles. The molecule has 2 N–H and O–H groups in total. The van der Waals surface area contributed by atoms with E-state index in [4.69, 9.17) is 10.2 Å². The summed E-state index contributed by atoms with van der Waals surface area (Å²) in [5, 5.41) is 18.1. The van der Waals surface area contributed by atoms with E-state index in [1.54, 1.807) is 0 Å². The summed E-state index contributed by atoms with van der Waals surface area (Å²) in [6, 6.07) is 1.74. The summed E-state index contributed by atoms with van der Waals surface area (Å²) in [6.07, 6.45) is 0. The second-order valence-corrected chi connectivity index (χ2v) is 3.91. The van der Waals surface area contributed by atoms with Crippen molar-refractivity contribution < 1.29 is 23.2 Å². The van der Waals surface area contributed by atoms with Crippen LogP contribution in [0.15, 0.2) is 17.0 Å². The van der Waals surface area contributed by atoms with Gasteiger partial charge in [0.1, 0.15) is 21.6 Å². The third-order valence-electron chi connectivity index (χ3n) is 1.55. The van der Waals surface area contributed by atoms with Crippen molar-refractivity contribution in [2.24, 2.45) is 0 Å². The standard InChI is InChI=1S/C7H8O5S/c1-4-2-6(9)7(3-5(4)8)13(10,11)12/h2-3,8-9H,1H3,(H,10,11,12)/p-1. The molecule has 0 fully saturated rings. The van der Waals surface area contributed by atoms with Gasteiger partial charge in [-0.15, -0.1) is 0 Å². The summed E-state index contributed by atoms with van der Waals surface area (Å²) < 4.78 is 31.5. The molecule has 0 amide bonds. The monoisotopic (exact) mass is 203 g/mol. The Morgan fingerprint density at radius 2 is 1.77 bits per heavy atom. The van der Waals surface area contributed by atoms with Gasteiger partial charge >= 0.3 is 0 Å². The predicted molar refractivity (Wildman–Crippen MR) is 42.5 cm³/mol. The van der Waals surface area contributed by atoms with Gasteiger partial charge in [-0.1, -0.05) is 0 Å². The highest BCUT2D eigenvalue weighted by molar-refractivity contribution is 7.85. The Morgan fingerprint density at radius 3 is 2.23 bits per heavy atom. The number of rotatable bonds is 1. The van der Waals surface area contributed by atoms with Crippen molar-refractivity contribution in [1.29, 1.82) is 0 Å². The van der Waals surface area contributed by atoms with E-state index in [2.05, 4.69) is 0 Å². The molecular weight excluding hydrogens is 196 g/mol. The molecule has 0 aliphatic rings. The zero-order valence-electron chi connectivity index (χ0n) is 6.68. The molecule has 6 heteroatoms. The lowest BCUT2D eigenvalue weighted by atomic mass is 10.2. The molecule has 0 atom stereocenters. The maximum absolute atomic E-state index is 10.5. The second-order valence-electron chi connectivity index (χ2n) is 2.56. The Kier molecular flexibility index (Phi) is 2.19. The van der Waals surface area contributed by atoms with E-state index in [-0.39, 0.29) is 5.75 Å². The molecule has 0 bridgehead atoms. The van der Waals surface area contributed by atoms with Crippen LogP contribution in [0.25, 0.3) is 0 Å². The van der Waals surface area contributed by atoms with Gasteiger partial charge in [0.15, 0.2) is 0 Å². The molecule has 1 rings (SSSR count). The second kappa shape index (κ2) is 2.90. The predicted octanol–water partition coefficient (Wildman–Crippen LogP) is 0.310. The van der Waals surface area contributed by atoms with Crippen LogP contribution < -0.4 is 0 Å². The minimum absolute atomic E-state index is 0.296. The lowest BCUT2D eigenvalue weighted by Crippen LogP contribution is -1.99. The molecule has 13 heavy (non-hydrogen) atoms. The highest BCUT2D eigenvalue weighted by Crippen LogP contribution is 2.29. The van der Waals surface area contributed by atoms with Crippen molar-refractivity contribution in [2.45, 2.75) is 11.8 Å². The largest absolute Gasteiger partial charge is 0.744 e. The average Bonchev–Trinajstić information content (AvgIpc) is 1.94. The van der Waals surface area contributed by atoms with Gasteiger partial charge in [-0.3, -0.25) is 0 Å². The molecular formula is C7H7O5S-. The molecule has 0 spiro atoms. The number of hydrogen-bond donors (Lipinski definition) is 2. The zero-order chi connectivity index (χ0) is 10.2. The van der Waals surface area contributed by atoms with Gasteiger partial charge in [0.25, 0.3) is 0 Å². The number of phenolic OH excluding ortho intramolecular Hbond substituents is 2. The first kappa shape index (κ1) is 9.82. The summed E-state index contributed by atoms with van der Waals surface area (Å²) in [7, 11) is -4.73. The van der Waals surface area contributed by atoms with Gasteiger partial charge in [-0.25, -0.2) is 8.42 Å². The number of phenols is 2. The van der Waals surface area contributed by atoms with Crippen molar-refractivity contribution in [3.05, 3.63) is 17.7 Å². The van der Waals surface area contributed by atoms with Crippen LogP contribution in [0, 0.1) is 6.92 Å². The van der Waals surface area contributed by atoms with E-state index in [0.29, 0.717) is 5.56 Å². The molecule has 5 nitrogen and oxygen atoms in total.